The largest absolute Gasteiger partial charge is 0.378 e. The second-order valence-corrected chi connectivity index (χ2v) is 24.7. The lowest BCUT2D eigenvalue weighted by Crippen LogP contribution is -2.43. The van der Waals surface area contributed by atoms with Gasteiger partial charge < -0.3 is 5.11 Å². The van der Waals surface area contributed by atoms with Gasteiger partial charge in [0.05, 0.1) is 29.3 Å². The molecular formula is C52H62OS3Si. The van der Waals surface area contributed by atoms with Crippen LogP contribution in [0, 0.1) is 70.7 Å². The molecule has 0 spiro atoms. The van der Waals surface area contributed by atoms with Gasteiger partial charge in [0.2, 0.25) is 0 Å². The Morgan fingerprint density at radius 2 is 0.754 bits per heavy atom. The van der Waals surface area contributed by atoms with Crippen LogP contribution in [-0.2, 0) is 0 Å². The van der Waals surface area contributed by atoms with Gasteiger partial charge in [-0.3, -0.25) is 0 Å². The number of rotatable bonds is 11. The molecule has 298 valence electrons. The van der Waals surface area contributed by atoms with Crippen LogP contribution in [0.2, 0.25) is 16.6 Å². The Bertz CT molecular complexity index is 2230. The summed E-state index contributed by atoms with van der Waals surface area (Å²) < 4.78 is 0. The normalized spacial score (nSPS) is 12.0. The van der Waals surface area contributed by atoms with Crippen LogP contribution in [0.5, 0.6) is 0 Å². The smallest absolute Gasteiger partial charge is 0.146 e. The summed E-state index contributed by atoms with van der Waals surface area (Å²) in [7, 11) is -1.78. The van der Waals surface area contributed by atoms with E-state index in [-0.39, 0.29) is 0 Å². The van der Waals surface area contributed by atoms with Crippen molar-refractivity contribution in [2.24, 2.45) is 0 Å². The standard InChI is InChI=1S/C52H62OS3Si/c1-13-17-42(44(19-15-3)23-27-48-31-33-50(55-48)35-37-52(11,12)53)21-25-46-29-30-47(54-46)26-22-43(18-14-2)45(20-16-4)24-28-49-32-34-51(56-49)36-38-57(39(5)6,40(7)8)41(9)10/h29-34,39-41,53H,13-20H2,1-12H3/b44-42+,45-43+. The van der Waals surface area contributed by atoms with E-state index >= 15 is 0 Å². The van der Waals surface area contributed by atoms with Crippen molar-refractivity contribution >= 4 is 42.1 Å². The molecule has 0 amide bonds. The molecular weight excluding hydrogens is 765 g/mol. The molecule has 0 aromatic carbocycles. The van der Waals surface area contributed by atoms with Crippen molar-refractivity contribution in [2.45, 2.75) is 157 Å². The molecule has 0 aliphatic heterocycles. The van der Waals surface area contributed by atoms with Gasteiger partial charge in [-0.15, -0.1) is 39.6 Å². The van der Waals surface area contributed by atoms with Gasteiger partial charge in [-0.25, -0.2) is 0 Å². The molecule has 0 bridgehead atoms. The zero-order chi connectivity index (χ0) is 42.0. The number of hydrogen-bond donors (Lipinski definition) is 1. The Balaban J connectivity index is 1.91. The van der Waals surface area contributed by atoms with Crippen LogP contribution in [-0.4, -0.2) is 18.8 Å². The van der Waals surface area contributed by atoms with Crippen molar-refractivity contribution in [1.82, 2.24) is 0 Å². The number of allylic oxidation sites excluding steroid dienone is 4. The molecule has 0 saturated carbocycles. The minimum atomic E-state index is -1.78. The maximum atomic E-state index is 9.95. The SMILES string of the molecule is CCC/C(C#Cc1ccc(C#C/C(CCC)=C(/C#Cc2ccc(C#C[Si](C(C)C)(C(C)C)C(C)C)s2)CCC)s1)=C(\C#Cc1ccc(C#CC(C)(C)O)s1)CCC. The van der Waals surface area contributed by atoms with E-state index in [1.807, 2.05) is 12.1 Å². The number of thiophene rings is 3. The van der Waals surface area contributed by atoms with E-state index in [2.05, 4.69) is 164 Å². The summed E-state index contributed by atoms with van der Waals surface area (Å²) in [4.78, 5) is 6.04. The molecule has 0 fully saturated rings. The minimum Gasteiger partial charge on any atom is -0.378 e. The van der Waals surface area contributed by atoms with Crippen LogP contribution in [0.1, 0.15) is 164 Å². The summed E-state index contributed by atoms with van der Waals surface area (Å²) in [5.41, 5.74) is 9.20. The molecule has 3 aromatic heterocycles. The molecule has 0 saturated heterocycles. The van der Waals surface area contributed by atoms with Crippen molar-refractivity contribution in [2.75, 3.05) is 0 Å². The summed E-state index contributed by atoms with van der Waals surface area (Å²) in [6.45, 7) is 26.4. The third kappa shape index (κ3) is 15.1. The molecule has 5 heteroatoms. The molecule has 3 aromatic rings. The van der Waals surface area contributed by atoms with Crippen LogP contribution in [0.15, 0.2) is 58.7 Å². The van der Waals surface area contributed by atoms with E-state index in [1.54, 1.807) is 47.9 Å². The van der Waals surface area contributed by atoms with E-state index in [4.69, 9.17) is 0 Å². The average Bonchev–Trinajstić information content (AvgIpc) is 3.93. The first kappa shape index (κ1) is 47.5. The highest BCUT2D eigenvalue weighted by Crippen LogP contribution is 2.41. The summed E-state index contributed by atoms with van der Waals surface area (Å²) in [5.74, 6) is 37.4. The fourth-order valence-electron chi connectivity index (χ4n) is 6.94. The number of aliphatic hydroxyl groups is 1. The van der Waals surface area contributed by atoms with Crippen molar-refractivity contribution in [1.29, 1.82) is 0 Å². The Labute approximate surface area is 360 Å². The van der Waals surface area contributed by atoms with Gasteiger partial charge in [-0.05, 0) is 92.6 Å². The summed E-state index contributed by atoms with van der Waals surface area (Å²) >= 11 is 4.90. The van der Waals surface area contributed by atoms with Crippen LogP contribution >= 0.6 is 34.0 Å². The molecule has 0 unspecified atom stereocenters. The highest BCUT2D eigenvalue weighted by molar-refractivity contribution is 7.13. The highest BCUT2D eigenvalue weighted by Gasteiger charge is 2.41. The maximum Gasteiger partial charge on any atom is 0.146 e. The first-order valence-electron chi connectivity index (χ1n) is 20.8. The lowest BCUT2D eigenvalue weighted by molar-refractivity contribution is 0.143. The van der Waals surface area contributed by atoms with Crippen molar-refractivity contribution < 1.29 is 5.11 Å². The molecule has 3 heterocycles. The Morgan fingerprint density at radius 1 is 0.491 bits per heavy atom. The summed E-state index contributed by atoms with van der Waals surface area (Å²) in [6.07, 6.45) is 7.66. The molecule has 3 rings (SSSR count). The monoisotopic (exact) mass is 826 g/mol. The first-order valence-corrected chi connectivity index (χ1v) is 25.4. The van der Waals surface area contributed by atoms with E-state index in [9.17, 15) is 5.11 Å². The van der Waals surface area contributed by atoms with E-state index in [0.29, 0.717) is 16.6 Å². The zero-order valence-electron chi connectivity index (χ0n) is 36.5. The second-order valence-electron chi connectivity index (χ2n) is 15.9. The van der Waals surface area contributed by atoms with E-state index in [1.165, 1.54) is 0 Å². The Hall–Kier alpha value is -3.88. The lowest BCUT2D eigenvalue weighted by atomic mass is 10.00. The molecule has 1 nitrogen and oxygen atoms in total. The molecule has 1 N–H and O–H groups in total. The van der Waals surface area contributed by atoms with Crippen molar-refractivity contribution in [3.63, 3.8) is 0 Å². The van der Waals surface area contributed by atoms with Gasteiger partial charge in [0, 0.05) is 22.3 Å². The van der Waals surface area contributed by atoms with Gasteiger partial charge in [0.1, 0.15) is 13.7 Å². The van der Waals surface area contributed by atoms with E-state index < -0.39 is 13.7 Å². The Kier molecular flexibility index (Phi) is 19.6. The highest BCUT2D eigenvalue weighted by atomic mass is 32.1. The predicted molar refractivity (Wildman–Crippen MR) is 255 cm³/mol. The fourth-order valence-corrected chi connectivity index (χ4v) is 14.4. The third-order valence-electron chi connectivity index (χ3n) is 9.65. The van der Waals surface area contributed by atoms with Gasteiger partial charge in [0.15, 0.2) is 0 Å². The molecule has 57 heavy (non-hydrogen) atoms. The minimum absolute atomic E-state index is 0.615. The fraction of sp³-hybridized carbons (Fsp3) is 0.462. The zero-order valence-corrected chi connectivity index (χ0v) is 40.0. The molecule has 0 atom stereocenters. The molecule has 0 radical (unpaired) electrons. The summed E-state index contributed by atoms with van der Waals surface area (Å²) in [5, 5.41) is 9.95. The van der Waals surface area contributed by atoms with Crippen molar-refractivity contribution in [3.05, 3.63) is 88.0 Å². The van der Waals surface area contributed by atoms with Gasteiger partial charge >= 0.3 is 0 Å². The summed E-state index contributed by atoms with van der Waals surface area (Å²) in [6, 6.07) is 12.4. The van der Waals surface area contributed by atoms with Crippen LogP contribution in [0.25, 0.3) is 0 Å². The Morgan fingerprint density at radius 3 is 1.00 bits per heavy atom. The lowest BCUT2D eigenvalue weighted by Gasteiger charge is -2.38. The topological polar surface area (TPSA) is 20.2 Å². The number of hydrogen-bond acceptors (Lipinski definition) is 4. The van der Waals surface area contributed by atoms with Gasteiger partial charge in [-0.1, -0.05) is 160 Å². The molecule has 0 aliphatic carbocycles. The maximum absolute atomic E-state index is 9.95. The van der Waals surface area contributed by atoms with E-state index in [0.717, 1.165) is 103 Å². The first-order chi connectivity index (χ1) is 27.1. The average molecular weight is 827 g/mol. The van der Waals surface area contributed by atoms with Crippen LogP contribution in [0.4, 0.5) is 0 Å². The van der Waals surface area contributed by atoms with Gasteiger partial charge in [-0.2, -0.15) is 0 Å². The second kappa shape index (κ2) is 23.5. The predicted octanol–water partition coefficient (Wildman–Crippen LogP) is 14.2. The van der Waals surface area contributed by atoms with Gasteiger partial charge in [0.25, 0.3) is 0 Å². The van der Waals surface area contributed by atoms with Crippen molar-refractivity contribution in [3.8, 4) is 70.7 Å². The van der Waals surface area contributed by atoms with Crippen LogP contribution in [0.3, 0.4) is 0 Å². The third-order valence-corrected chi connectivity index (χ3v) is 18.7. The quantitative estimate of drug-likeness (QED) is 0.151. The molecule has 0 aliphatic rings. The van der Waals surface area contributed by atoms with Crippen LogP contribution < -0.4 is 0 Å².